The van der Waals surface area contributed by atoms with E-state index in [1.807, 2.05) is 42.5 Å². The Kier molecular flexibility index (Phi) is 8.22. The Morgan fingerprint density at radius 3 is 2.09 bits per heavy atom. The summed E-state index contributed by atoms with van der Waals surface area (Å²) in [5.74, 6) is 0. The summed E-state index contributed by atoms with van der Waals surface area (Å²) in [6.07, 6.45) is 1.83. The molecule has 164 valence electrons. The van der Waals surface area contributed by atoms with Crippen LogP contribution in [0.2, 0.25) is 0 Å². The largest absolute Gasteiger partial charge is 0.375 e. The van der Waals surface area contributed by atoms with Gasteiger partial charge in [0, 0.05) is 30.9 Å². The fourth-order valence-electron chi connectivity index (χ4n) is 3.07. The van der Waals surface area contributed by atoms with Crippen LogP contribution in [0.25, 0.3) is 6.08 Å². The predicted molar refractivity (Wildman–Crippen MR) is 128 cm³/mol. The maximum absolute atomic E-state index is 10.7. The summed E-state index contributed by atoms with van der Waals surface area (Å²) in [6.45, 7) is 8.72. The second-order valence-corrected chi connectivity index (χ2v) is 7.07. The molecule has 3 aromatic carbocycles. The minimum absolute atomic E-state index is 0.0301. The molecule has 3 rings (SSSR count). The molecule has 0 aliphatic heterocycles. The second-order valence-electron chi connectivity index (χ2n) is 7.07. The van der Waals surface area contributed by atoms with Crippen molar-refractivity contribution in [3.8, 4) is 0 Å². The highest BCUT2D eigenvalue weighted by Crippen LogP contribution is 2.23. The molecule has 0 unspecified atom stereocenters. The molecule has 0 radical (unpaired) electrons. The lowest BCUT2D eigenvalue weighted by Crippen LogP contribution is -2.26. The van der Waals surface area contributed by atoms with Crippen LogP contribution in [-0.2, 0) is 11.3 Å². The minimum atomic E-state index is -0.440. The summed E-state index contributed by atoms with van der Waals surface area (Å²) in [6, 6.07) is 21.9. The molecule has 0 spiro atoms. The summed E-state index contributed by atoms with van der Waals surface area (Å²) in [7, 11) is 0. The number of nitro groups is 1. The minimum Gasteiger partial charge on any atom is -0.375 e. The fraction of sp³-hybridized carbons (Fsp3) is 0.200. The van der Waals surface area contributed by atoms with E-state index in [1.54, 1.807) is 12.1 Å². The third kappa shape index (κ3) is 6.58. The number of nitrogens with zero attached hydrogens (tertiary/aromatic N) is 4. The summed E-state index contributed by atoms with van der Waals surface area (Å²) >= 11 is 0. The topological polar surface area (TPSA) is 80.3 Å². The Bertz CT molecular complexity index is 1050. The standard InChI is InChI=1S/C25H26N4O3/c1-3-20-5-7-21(8-6-20)19-32-18-17-28(4-2)24-13-9-22(10-14-24)26-27-23-11-15-25(16-12-23)29(30)31/h3,5-16H,1,4,17-19H2,2H3. The van der Waals surface area contributed by atoms with E-state index in [2.05, 4.69) is 40.8 Å². The molecule has 0 heterocycles. The molecule has 3 aromatic rings. The van der Waals surface area contributed by atoms with Gasteiger partial charge in [0.15, 0.2) is 0 Å². The molecule has 0 aliphatic carbocycles. The Morgan fingerprint density at radius 1 is 0.969 bits per heavy atom. The van der Waals surface area contributed by atoms with Gasteiger partial charge >= 0.3 is 0 Å². The highest BCUT2D eigenvalue weighted by atomic mass is 16.6. The molecule has 7 nitrogen and oxygen atoms in total. The average molecular weight is 431 g/mol. The van der Waals surface area contributed by atoms with Crippen molar-refractivity contribution in [2.24, 2.45) is 10.2 Å². The van der Waals surface area contributed by atoms with Crippen LogP contribution in [0.3, 0.4) is 0 Å². The van der Waals surface area contributed by atoms with Gasteiger partial charge in [-0.1, -0.05) is 36.9 Å². The normalized spacial score (nSPS) is 10.9. The van der Waals surface area contributed by atoms with Gasteiger partial charge < -0.3 is 9.64 Å². The third-order valence-electron chi connectivity index (χ3n) is 4.93. The monoisotopic (exact) mass is 430 g/mol. The van der Waals surface area contributed by atoms with Gasteiger partial charge in [-0.2, -0.15) is 10.2 Å². The highest BCUT2D eigenvalue weighted by Gasteiger charge is 2.05. The number of hydrogen-bond donors (Lipinski definition) is 0. The van der Waals surface area contributed by atoms with E-state index < -0.39 is 4.92 Å². The first-order valence-electron chi connectivity index (χ1n) is 10.4. The van der Waals surface area contributed by atoms with Gasteiger partial charge in [-0.3, -0.25) is 10.1 Å². The van der Waals surface area contributed by atoms with Gasteiger partial charge in [0.25, 0.3) is 5.69 Å². The molecule has 0 atom stereocenters. The Labute approximate surface area is 187 Å². The van der Waals surface area contributed by atoms with Crippen molar-refractivity contribution in [2.45, 2.75) is 13.5 Å². The first kappa shape index (κ1) is 22.8. The Morgan fingerprint density at radius 2 is 1.56 bits per heavy atom. The van der Waals surface area contributed by atoms with Gasteiger partial charge in [-0.25, -0.2) is 0 Å². The summed E-state index contributed by atoms with van der Waals surface area (Å²) in [4.78, 5) is 12.5. The van der Waals surface area contributed by atoms with Crippen molar-refractivity contribution in [1.82, 2.24) is 0 Å². The van der Waals surface area contributed by atoms with Crippen LogP contribution in [0, 0.1) is 10.1 Å². The van der Waals surface area contributed by atoms with Gasteiger partial charge in [-0.05, 0) is 54.4 Å². The van der Waals surface area contributed by atoms with Crippen molar-refractivity contribution >= 4 is 28.8 Å². The number of likely N-dealkylation sites (N-methyl/N-ethyl adjacent to an activating group) is 1. The third-order valence-corrected chi connectivity index (χ3v) is 4.93. The number of nitro benzene ring substituents is 1. The number of hydrogen-bond acceptors (Lipinski definition) is 6. The summed E-state index contributed by atoms with van der Waals surface area (Å²) in [5.41, 5.74) is 4.62. The molecule has 0 bridgehead atoms. The van der Waals surface area contributed by atoms with Crippen LogP contribution in [0.4, 0.5) is 22.7 Å². The number of non-ortho nitro benzene ring substituents is 1. The molecule has 0 saturated carbocycles. The Balaban J connectivity index is 1.50. The van der Waals surface area contributed by atoms with Crippen molar-refractivity contribution in [3.63, 3.8) is 0 Å². The molecular weight excluding hydrogens is 404 g/mol. The number of azo groups is 1. The lowest BCUT2D eigenvalue weighted by molar-refractivity contribution is -0.384. The van der Waals surface area contributed by atoms with Gasteiger partial charge in [0.05, 0.1) is 29.5 Å². The second kappa shape index (κ2) is 11.5. The highest BCUT2D eigenvalue weighted by molar-refractivity contribution is 5.53. The summed E-state index contributed by atoms with van der Waals surface area (Å²) in [5, 5.41) is 19.0. The zero-order chi connectivity index (χ0) is 22.8. The average Bonchev–Trinajstić information content (AvgIpc) is 2.84. The smallest absolute Gasteiger partial charge is 0.269 e. The van der Waals surface area contributed by atoms with Crippen LogP contribution in [0.1, 0.15) is 18.1 Å². The molecule has 0 aliphatic rings. The van der Waals surface area contributed by atoms with Crippen LogP contribution < -0.4 is 4.90 Å². The molecule has 0 amide bonds. The molecule has 0 aromatic heterocycles. The number of rotatable bonds is 11. The lowest BCUT2D eigenvalue weighted by Gasteiger charge is -2.23. The summed E-state index contributed by atoms with van der Waals surface area (Å²) < 4.78 is 5.84. The van der Waals surface area contributed by atoms with E-state index in [-0.39, 0.29) is 5.69 Å². The van der Waals surface area contributed by atoms with Crippen LogP contribution >= 0.6 is 0 Å². The van der Waals surface area contributed by atoms with E-state index in [9.17, 15) is 10.1 Å². The van der Waals surface area contributed by atoms with E-state index >= 15 is 0 Å². The van der Waals surface area contributed by atoms with E-state index in [0.29, 0.717) is 24.6 Å². The molecule has 0 fully saturated rings. The van der Waals surface area contributed by atoms with E-state index in [0.717, 1.165) is 29.9 Å². The Hall–Kier alpha value is -3.84. The van der Waals surface area contributed by atoms with E-state index in [4.69, 9.17) is 4.74 Å². The van der Waals surface area contributed by atoms with Crippen LogP contribution in [0.5, 0.6) is 0 Å². The van der Waals surface area contributed by atoms with Gasteiger partial charge in [-0.15, -0.1) is 0 Å². The van der Waals surface area contributed by atoms with Crippen molar-refractivity contribution in [1.29, 1.82) is 0 Å². The van der Waals surface area contributed by atoms with Crippen LogP contribution in [0.15, 0.2) is 89.6 Å². The molecule has 0 N–H and O–H groups in total. The molecule has 7 heteroatoms. The van der Waals surface area contributed by atoms with Crippen molar-refractivity contribution in [2.75, 3.05) is 24.6 Å². The zero-order valence-electron chi connectivity index (χ0n) is 18.1. The fourth-order valence-corrected chi connectivity index (χ4v) is 3.07. The quantitative estimate of drug-likeness (QED) is 0.147. The maximum Gasteiger partial charge on any atom is 0.269 e. The number of benzene rings is 3. The maximum atomic E-state index is 10.7. The van der Waals surface area contributed by atoms with Crippen molar-refractivity contribution < 1.29 is 9.66 Å². The van der Waals surface area contributed by atoms with Gasteiger partial charge in [0.2, 0.25) is 0 Å². The van der Waals surface area contributed by atoms with Crippen molar-refractivity contribution in [3.05, 3.63) is 101 Å². The predicted octanol–water partition coefficient (Wildman–Crippen LogP) is 6.70. The first-order chi connectivity index (χ1) is 15.6. The molecule has 0 saturated heterocycles. The first-order valence-corrected chi connectivity index (χ1v) is 10.4. The molecule has 32 heavy (non-hydrogen) atoms. The molecular formula is C25H26N4O3. The van der Waals surface area contributed by atoms with Crippen LogP contribution in [-0.4, -0.2) is 24.6 Å². The SMILES string of the molecule is C=Cc1ccc(COCCN(CC)c2ccc(N=Nc3ccc([N+](=O)[O-])cc3)cc2)cc1. The van der Waals surface area contributed by atoms with E-state index in [1.165, 1.54) is 12.1 Å². The lowest BCUT2D eigenvalue weighted by atomic mass is 10.1. The van der Waals surface area contributed by atoms with Gasteiger partial charge in [0.1, 0.15) is 0 Å². The number of ether oxygens (including phenoxy) is 1. The number of anilines is 1. The zero-order valence-corrected chi connectivity index (χ0v) is 18.1.